The largest absolute Gasteiger partial charge is 0.310 e. The van der Waals surface area contributed by atoms with Crippen LogP contribution in [-0.2, 0) is 5.54 Å². The maximum atomic E-state index is 13.8. The maximum Gasteiger partial charge on any atom is 0.182 e. The van der Waals surface area contributed by atoms with E-state index >= 15 is 0 Å². The third-order valence-electron chi connectivity index (χ3n) is 3.09. The predicted molar refractivity (Wildman–Crippen MR) is 65.6 cm³/mol. The van der Waals surface area contributed by atoms with Crippen molar-refractivity contribution in [3.8, 4) is 5.69 Å². The summed E-state index contributed by atoms with van der Waals surface area (Å²) in [6.45, 7) is 3.88. The molecule has 0 atom stereocenters. The third kappa shape index (κ3) is 2.01. The van der Waals surface area contributed by atoms with Gasteiger partial charge in [0.25, 0.3) is 0 Å². The fourth-order valence-electron chi connectivity index (χ4n) is 1.76. The highest BCUT2D eigenvalue weighted by Crippen LogP contribution is 2.24. The zero-order chi connectivity index (χ0) is 13.3. The van der Waals surface area contributed by atoms with Crippen LogP contribution in [0.15, 0.2) is 30.7 Å². The highest BCUT2D eigenvalue weighted by atomic mass is 19.2. The molecule has 5 heteroatoms. The molecule has 0 aliphatic carbocycles. The fraction of sp³-hybridized carbons (Fsp3) is 0.308. The Morgan fingerprint density at radius 2 is 2.00 bits per heavy atom. The summed E-state index contributed by atoms with van der Waals surface area (Å²) >= 11 is 0. The number of halogens is 2. The van der Waals surface area contributed by atoms with E-state index in [9.17, 15) is 8.78 Å². The summed E-state index contributed by atoms with van der Waals surface area (Å²) in [4.78, 5) is 4.02. The Balaban J connectivity index is 2.60. The number of imidazole rings is 1. The van der Waals surface area contributed by atoms with Crippen LogP contribution in [0.2, 0.25) is 0 Å². The first-order chi connectivity index (χ1) is 8.47. The lowest BCUT2D eigenvalue weighted by molar-refractivity contribution is 0.421. The van der Waals surface area contributed by atoms with Gasteiger partial charge in [-0.05, 0) is 33.0 Å². The van der Waals surface area contributed by atoms with E-state index in [1.54, 1.807) is 17.8 Å². The third-order valence-corrected chi connectivity index (χ3v) is 3.09. The highest BCUT2D eigenvalue weighted by Gasteiger charge is 2.24. The second-order valence-electron chi connectivity index (χ2n) is 4.60. The van der Waals surface area contributed by atoms with Crippen molar-refractivity contribution in [1.82, 2.24) is 14.9 Å². The van der Waals surface area contributed by atoms with E-state index < -0.39 is 17.2 Å². The van der Waals surface area contributed by atoms with Gasteiger partial charge in [0.2, 0.25) is 0 Å². The normalized spacial score (nSPS) is 11.8. The molecule has 1 aromatic carbocycles. The van der Waals surface area contributed by atoms with Crippen LogP contribution < -0.4 is 5.32 Å². The van der Waals surface area contributed by atoms with Crippen LogP contribution in [0.5, 0.6) is 0 Å². The number of nitrogens with one attached hydrogen (secondary N) is 1. The van der Waals surface area contributed by atoms with E-state index in [-0.39, 0.29) is 5.69 Å². The molecule has 0 amide bonds. The molecular weight excluding hydrogens is 236 g/mol. The summed E-state index contributed by atoms with van der Waals surface area (Å²) < 4.78 is 28.6. The predicted octanol–water partition coefficient (Wildman–Crippen LogP) is 2.61. The molecule has 0 bridgehead atoms. The van der Waals surface area contributed by atoms with Crippen LogP contribution in [0, 0.1) is 11.6 Å². The molecule has 0 radical (unpaired) electrons. The molecule has 2 aromatic rings. The van der Waals surface area contributed by atoms with Gasteiger partial charge in [0.15, 0.2) is 11.6 Å². The van der Waals surface area contributed by atoms with E-state index in [4.69, 9.17) is 0 Å². The molecule has 96 valence electrons. The van der Waals surface area contributed by atoms with E-state index in [1.165, 1.54) is 18.5 Å². The van der Waals surface area contributed by atoms with E-state index in [0.717, 1.165) is 11.8 Å². The average Bonchev–Trinajstić information content (AvgIpc) is 2.82. The first-order valence-corrected chi connectivity index (χ1v) is 5.63. The molecule has 2 rings (SSSR count). The van der Waals surface area contributed by atoms with Gasteiger partial charge in [-0.3, -0.25) is 4.57 Å². The van der Waals surface area contributed by atoms with Crippen molar-refractivity contribution in [3.05, 3.63) is 48.1 Å². The number of hydrogen-bond acceptors (Lipinski definition) is 2. The number of nitrogens with zero attached hydrogens (tertiary/aromatic N) is 2. The molecule has 0 spiro atoms. The monoisotopic (exact) mass is 251 g/mol. The SMILES string of the molecule is CNC(C)(C)c1cncn1-c1cccc(F)c1F. The van der Waals surface area contributed by atoms with Gasteiger partial charge in [0.05, 0.1) is 29.4 Å². The molecule has 1 aromatic heterocycles. The zero-order valence-corrected chi connectivity index (χ0v) is 10.5. The van der Waals surface area contributed by atoms with Crippen LogP contribution in [0.1, 0.15) is 19.5 Å². The highest BCUT2D eigenvalue weighted by molar-refractivity contribution is 5.37. The Labute approximate surface area is 104 Å². The molecule has 1 heterocycles. The van der Waals surface area contributed by atoms with Crippen LogP contribution in [0.3, 0.4) is 0 Å². The molecular formula is C13H15F2N3. The van der Waals surface area contributed by atoms with Crippen molar-refractivity contribution in [2.75, 3.05) is 7.05 Å². The molecule has 1 N–H and O–H groups in total. The molecule has 0 unspecified atom stereocenters. The van der Waals surface area contributed by atoms with Crippen molar-refractivity contribution in [3.63, 3.8) is 0 Å². The number of hydrogen-bond donors (Lipinski definition) is 1. The smallest absolute Gasteiger partial charge is 0.182 e. The Morgan fingerprint density at radius 1 is 1.28 bits per heavy atom. The van der Waals surface area contributed by atoms with Gasteiger partial charge in [0.1, 0.15) is 0 Å². The minimum atomic E-state index is -0.872. The van der Waals surface area contributed by atoms with Crippen LogP contribution in [0.4, 0.5) is 8.78 Å². The molecule has 0 saturated heterocycles. The van der Waals surface area contributed by atoms with Gasteiger partial charge in [-0.25, -0.2) is 13.8 Å². The van der Waals surface area contributed by atoms with Crippen LogP contribution in [-0.4, -0.2) is 16.6 Å². The Hall–Kier alpha value is -1.75. The first-order valence-electron chi connectivity index (χ1n) is 5.63. The summed E-state index contributed by atoms with van der Waals surface area (Å²) in [6, 6.07) is 4.10. The maximum absolute atomic E-state index is 13.8. The topological polar surface area (TPSA) is 29.9 Å². The molecule has 0 aliphatic heterocycles. The van der Waals surface area contributed by atoms with Gasteiger partial charge >= 0.3 is 0 Å². The van der Waals surface area contributed by atoms with Gasteiger partial charge < -0.3 is 5.32 Å². The van der Waals surface area contributed by atoms with E-state index in [2.05, 4.69) is 10.3 Å². The van der Waals surface area contributed by atoms with Crippen molar-refractivity contribution in [2.45, 2.75) is 19.4 Å². The number of benzene rings is 1. The minimum Gasteiger partial charge on any atom is -0.310 e. The summed E-state index contributed by atoms with van der Waals surface area (Å²) in [5.41, 5.74) is 0.523. The average molecular weight is 251 g/mol. The Bertz CT molecular complexity index is 561. The summed E-state index contributed by atoms with van der Waals surface area (Å²) in [5.74, 6) is -1.74. The summed E-state index contributed by atoms with van der Waals surface area (Å²) in [7, 11) is 1.80. The van der Waals surface area contributed by atoms with E-state index in [0.29, 0.717) is 0 Å². The second-order valence-corrected chi connectivity index (χ2v) is 4.60. The van der Waals surface area contributed by atoms with Crippen LogP contribution in [0.25, 0.3) is 5.69 Å². The molecule has 3 nitrogen and oxygen atoms in total. The van der Waals surface area contributed by atoms with E-state index in [1.807, 2.05) is 13.8 Å². The second kappa shape index (κ2) is 4.49. The minimum absolute atomic E-state index is 0.158. The quantitative estimate of drug-likeness (QED) is 0.908. The lowest BCUT2D eigenvalue weighted by atomic mass is 10.0. The van der Waals surface area contributed by atoms with Gasteiger partial charge in [-0.15, -0.1) is 0 Å². The standard InChI is InChI=1S/C13H15F2N3/c1-13(2,16-3)11-7-17-8-18(11)10-6-4-5-9(14)12(10)15/h4-8,16H,1-3H3. The Kier molecular flexibility index (Phi) is 3.17. The van der Waals surface area contributed by atoms with Gasteiger partial charge in [-0.1, -0.05) is 6.07 Å². The Morgan fingerprint density at radius 3 is 2.67 bits per heavy atom. The molecule has 0 fully saturated rings. The first kappa shape index (κ1) is 12.7. The lowest BCUT2D eigenvalue weighted by Gasteiger charge is -2.25. The summed E-state index contributed by atoms with van der Waals surface area (Å²) in [6.07, 6.45) is 3.12. The fourth-order valence-corrected chi connectivity index (χ4v) is 1.76. The van der Waals surface area contributed by atoms with Crippen molar-refractivity contribution in [2.24, 2.45) is 0 Å². The lowest BCUT2D eigenvalue weighted by Crippen LogP contribution is -2.35. The molecule has 0 saturated carbocycles. The van der Waals surface area contributed by atoms with Crippen molar-refractivity contribution < 1.29 is 8.78 Å². The van der Waals surface area contributed by atoms with Crippen molar-refractivity contribution in [1.29, 1.82) is 0 Å². The van der Waals surface area contributed by atoms with Gasteiger partial charge in [-0.2, -0.15) is 0 Å². The number of rotatable bonds is 3. The van der Waals surface area contributed by atoms with Crippen molar-refractivity contribution >= 4 is 0 Å². The molecule has 0 aliphatic rings. The zero-order valence-electron chi connectivity index (χ0n) is 10.5. The molecule has 18 heavy (non-hydrogen) atoms. The number of aromatic nitrogens is 2. The van der Waals surface area contributed by atoms with Crippen LogP contribution >= 0.6 is 0 Å². The van der Waals surface area contributed by atoms with Gasteiger partial charge in [0, 0.05) is 0 Å². The summed E-state index contributed by atoms with van der Waals surface area (Å²) in [5, 5.41) is 3.11.